The summed E-state index contributed by atoms with van der Waals surface area (Å²) in [7, 11) is 0. The third kappa shape index (κ3) is 2.61. The molecular weight excluding hydrogens is 244 g/mol. The smallest absolute Gasteiger partial charge is 0.176 e. The fraction of sp³-hybridized carbons (Fsp3) is 0.263. The van der Waals surface area contributed by atoms with E-state index in [4.69, 9.17) is 6.42 Å². The van der Waals surface area contributed by atoms with Gasteiger partial charge in [-0.25, -0.2) is 0 Å². The maximum atomic E-state index is 10.8. The van der Waals surface area contributed by atoms with Gasteiger partial charge in [0.2, 0.25) is 0 Å². The van der Waals surface area contributed by atoms with Gasteiger partial charge in [0.15, 0.2) is 5.60 Å². The average Bonchev–Trinajstić information content (AvgIpc) is 2.46. The quantitative estimate of drug-likeness (QED) is 0.817. The lowest BCUT2D eigenvalue weighted by Crippen LogP contribution is -2.25. The second-order valence-corrected chi connectivity index (χ2v) is 6.05. The summed E-state index contributed by atoms with van der Waals surface area (Å²) in [5, 5.41) is 10.8. The minimum atomic E-state index is -1.38. The Balaban J connectivity index is 2.46. The van der Waals surface area contributed by atoms with Crippen LogP contribution in [0.25, 0.3) is 0 Å². The maximum absolute atomic E-state index is 10.8. The molecule has 0 bridgehead atoms. The average molecular weight is 264 g/mol. The van der Waals surface area contributed by atoms with E-state index >= 15 is 0 Å². The molecule has 0 amide bonds. The van der Waals surface area contributed by atoms with Gasteiger partial charge in [0.1, 0.15) is 0 Å². The van der Waals surface area contributed by atoms with Crippen molar-refractivity contribution in [1.29, 1.82) is 0 Å². The zero-order chi connectivity index (χ0) is 14.8. The first kappa shape index (κ1) is 14.4. The molecule has 0 radical (unpaired) electrons. The molecule has 0 aliphatic rings. The van der Waals surface area contributed by atoms with Crippen molar-refractivity contribution in [3.8, 4) is 12.3 Å². The van der Waals surface area contributed by atoms with Crippen molar-refractivity contribution in [2.24, 2.45) is 0 Å². The Kier molecular flexibility index (Phi) is 3.70. The minimum Gasteiger partial charge on any atom is -0.369 e. The second-order valence-electron chi connectivity index (χ2n) is 6.05. The highest BCUT2D eigenvalue weighted by molar-refractivity contribution is 5.44. The highest BCUT2D eigenvalue weighted by Crippen LogP contribution is 2.31. The minimum absolute atomic E-state index is 0.0829. The molecule has 102 valence electrons. The van der Waals surface area contributed by atoms with E-state index in [0.29, 0.717) is 5.56 Å². The molecule has 2 aromatic rings. The van der Waals surface area contributed by atoms with Crippen molar-refractivity contribution in [3.63, 3.8) is 0 Å². The predicted molar refractivity (Wildman–Crippen MR) is 83.4 cm³/mol. The molecular formula is C19H20O. The van der Waals surface area contributed by atoms with E-state index < -0.39 is 5.60 Å². The van der Waals surface area contributed by atoms with Crippen LogP contribution in [0, 0.1) is 12.3 Å². The van der Waals surface area contributed by atoms with Crippen molar-refractivity contribution in [1.82, 2.24) is 0 Å². The first-order valence-corrected chi connectivity index (χ1v) is 6.74. The van der Waals surface area contributed by atoms with Crippen LogP contribution in [-0.2, 0) is 11.0 Å². The summed E-state index contributed by atoms with van der Waals surface area (Å²) in [5.41, 5.74) is 1.36. The van der Waals surface area contributed by atoms with Gasteiger partial charge in [-0.15, -0.1) is 6.42 Å². The lowest BCUT2D eigenvalue weighted by molar-refractivity contribution is 0.145. The Hall–Kier alpha value is -2.04. The van der Waals surface area contributed by atoms with Crippen LogP contribution in [-0.4, -0.2) is 5.11 Å². The molecule has 1 unspecified atom stereocenters. The highest BCUT2D eigenvalue weighted by Gasteiger charge is 2.29. The van der Waals surface area contributed by atoms with E-state index in [1.165, 1.54) is 5.56 Å². The molecule has 0 aliphatic carbocycles. The second kappa shape index (κ2) is 5.15. The van der Waals surface area contributed by atoms with E-state index in [9.17, 15) is 5.11 Å². The fourth-order valence-electron chi connectivity index (χ4n) is 2.22. The van der Waals surface area contributed by atoms with Crippen LogP contribution in [0.15, 0.2) is 54.6 Å². The van der Waals surface area contributed by atoms with Crippen LogP contribution in [0.5, 0.6) is 0 Å². The van der Waals surface area contributed by atoms with Gasteiger partial charge in [0, 0.05) is 11.1 Å². The van der Waals surface area contributed by atoms with Gasteiger partial charge in [-0.3, -0.25) is 0 Å². The van der Waals surface area contributed by atoms with E-state index in [-0.39, 0.29) is 5.41 Å². The number of rotatable bonds is 2. The van der Waals surface area contributed by atoms with Crippen LogP contribution < -0.4 is 0 Å². The highest BCUT2D eigenvalue weighted by atomic mass is 16.3. The molecule has 0 fully saturated rings. The molecule has 0 aliphatic heterocycles. The van der Waals surface area contributed by atoms with Gasteiger partial charge >= 0.3 is 0 Å². The Morgan fingerprint density at radius 2 is 1.25 bits per heavy atom. The molecule has 2 aromatic carbocycles. The third-order valence-electron chi connectivity index (χ3n) is 3.57. The van der Waals surface area contributed by atoms with Crippen LogP contribution in [0.4, 0.5) is 0 Å². The normalized spacial score (nSPS) is 14.3. The van der Waals surface area contributed by atoms with Crippen LogP contribution >= 0.6 is 0 Å². The number of hydrogen-bond acceptors (Lipinski definition) is 1. The van der Waals surface area contributed by atoms with Gasteiger partial charge < -0.3 is 5.11 Å². The Morgan fingerprint density at radius 1 is 0.800 bits per heavy atom. The van der Waals surface area contributed by atoms with E-state index in [0.717, 1.165) is 5.56 Å². The number of hydrogen-bond donors (Lipinski definition) is 1. The fourth-order valence-corrected chi connectivity index (χ4v) is 2.22. The monoisotopic (exact) mass is 264 g/mol. The first-order chi connectivity index (χ1) is 9.38. The number of terminal acetylenes is 1. The maximum Gasteiger partial charge on any atom is 0.176 e. The van der Waals surface area contributed by atoms with Crippen molar-refractivity contribution in [2.75, 3.05) is 0 Å². The molecule has 0 saturated carbocycles. The van der Waals surface area contributed by atoms with E-state index in [1.807, 2.05) is 54.6 Å². The summed E-state index contributed by atoms with van der Waals surface area (Å²) < 4.78 is 0. The van der Waals surface area contributed by atoms with Crippen molar-refractivity contribution >= 4 is 0 Å². The molecule has 1 nitrogen and oxygen atoms in total. The van der Waals surface area contributed by atoms with E-state index in [1.54, 1.807) is 0 Å². The standard InChI is InChI=1S/C19H20O/c1-5-19(20,16-9-7-6-8-10-16)17-13-11-15(12-14-17)18(2,3)4/h1,6-14,20H,2-4H3. The molecule has 1 heteroatoms. The summed E-state index contributed by atoms with van der Waals surface area (Å²) in [5.74, 6) is 2.52. The summed E-state index contributed by atoms with van der Waals surface area (Å²) >= 11 is 0. The topological polar surface area (TPSA) is 20.2 Å². The van der Waals surface area contributed by atoms with Gasteiger partial charge in [0.25, 0.3) is 0 Å². The summed E-state index contributed by atoms with van der Waals surface area (Å²) in [6.45, 7) is 6.48. The lowest BCUT2D eigenvalue weighted by atomic mass is 9.83. The Morgan fingerprint density at radius 3 is 1.70 bits per heavy atom. The molecule has 1 N–H and O–H groups in total. The lowest BCUT2D eigenvalue weighted by Gasteiger charge is -2.25. The molecule has 0 aromatic heterocycles. The summed E-state index contributed by atoms with van der Waals surface area (Å²) in [4.78, 5) is 0. The molecule has 0 heterocycles. The number of aliphatic hydroxyl groups is 1. The zero-order valence-electron chi connectivity index (χ0n) is 12.2. The van der Waals surface area contributed by atoms with E-state index in [2.05, 4.69) is 26.7 Å². The summed E-state index contributed by atoms with van der Waals surface area (Å²) in [6, 6.07) is 17.2. The van der Waals surface area contributed by atoms with Crippen LogP contribution in [0.2, 0.25) is 0 Å². The molecule has 1 atom stereocenters. The SMILES string of the molecule is C#CC(O)(c1ccccc1)c1ccc(C(C)(C)C)cc1. The largest absolute Gasteiger partial charge is 0.369 e. The van der Waals surface area contributed by atoms with Crippen LogP contribution in [0.3, 0.4) is 0 Å². The number of benzene rings is 2. The first-order valence-electron chi connectivity index (χ1n) is 6.74. The van der Waals surface area contributed by atoms with Crippen molar-refractivity contribution < 1.29 is 5.11 Å². The van der Waals surface area contributed by atoms with Crippen LogP contribution in [0.1, 0.15) is 37.5 Å². The van der Waals surface area contributed by atoms with Gasteiger partial charge in [-0.1, -0.05) is 81.3 Å². The zero-order valence-corrected chi connectivity index (χ0v) is 12.2. The molecule has 0 saturated heterocycles. The Bertz CT molecular complexity index is 612. The Labute approximate surface area is 121 Å². The van der Waals surface area contributed by atoms with Crippen molar-refractivity contribution in [3.05, 3.63) is 71.3 Å². The predicted octanol–water partition coefficient (Wildman–Crippen LogP) is 3.85. The van der Waals surface area contributed by atoms with Gasteiger partial charge in [0.05, 0.1) is 0 Å². The molecule has 2 rings (SSSR count). The molecule has 20 heavy (non-hydrogen) atoms. The van der Waals surface area contributed by atoms with Gasteiger partial charge in [-0.2, -0.15) is 0 Å². The van der Waals surface area contributed by atoms with Gasteiger partial charge in [-0.05, 0) is 11.0 Å². The third-order valence-corrected chi connectivity index (χ3v) is 3.57. The molecule has 0 spiro atoms. The summed E-state index contributed by atoms with van der Waals surface area (Å²) in [6.07, 6.45) is 5.59. The van der Waals surface area contributed by atoms with Crippen molar-refractivity contribution in [2.45, 2.75) is 31.8 Å².